The van der Waals surface area contributed by atoms with Gasteiger partial charge >= 0.3 is 0 Å². The summed E-state index contributed by atoms with van der Waals surface area (Å²) < 4.78 is 1.86. The van der Waals surface area contributed by atoms with Crippen molar-refractivity contribution >= 4 is 21.7 Å². The van der Waals surface area contributed by atoms with Crippen molar-refractivity contribution in [2.24, 2.45) is 0 Å². The second kappa shape index (κ2) is 5.03. The lowest BCUT2D eigenvalue weighted by molar-refractivity contribution is 0.387. The maximum Gasteiger partial charge on any atom is 0.293 e. The molecule has 3 rings (SSSR count). The summed E-state index contributed by atoms with van der Waals surface area (Å²) >= 11 is 3.47. The molecule has 98 valence electrons. The van der Waals surface area contributed by atoms with E-state index in [0.29, 0.717) is 17.9 Å². The number of alkyl halides is 1. The average Bonchev–Trinajstić information content (AvgIpc) is 3.10. The predicted molar refractivity (Wildman–Crippen MR) is 75.5 cm³/mol. The van der Waals surface area contributed by atoms with Crippen LogP contribution in [0.4, 0.5) is 5.82 Å². The molecule has 2 saturated carbocycles. The lowest BCUT2D eigenvalue weighted by atomic mass is 9.91. The Hall–Kier alpha value is -0.840. The van der Waals surface area contributed by atoms with Crippen molar-refractivity contribution in [2.75, 3.05) is 16.8 Å². The molecular weight excluding hydrogens is 294 g/mol. The summed E-state index contributed by atoms with van der Waals surface area (Å²) in [6.45, 7) is 0.863. The van der Waals surface area contributed by atoms with Gasteiger partial charge in [-0.3, -0.25) is 4.79 Å². The first-order chi connectivity index (χ1) is 8.81. The van der Waals surface area contributed by atoms with E-state index in [2.05, 4.69) is 25.8 Å². The maximum absolute atomic E-state index is 12.5. The van der Waals surface area contributed by atoms with Gasteiger partial charge in [0.2, 0.25) is 0 Å². The van der Waals surface area contributed by atoms with Crippen molar-refractivity contribution in [3.63, 3.8) is 0 Å². The van der Waals surface area contributed by atoms with E-state index in [1.54, 1.807) is 6.20 Å². The van der Waals surface area contributed by atoms with Gasteiger partial charge < -0.3 is 9.47 Å². The zero-order chi connectivity index (χ0) is 12.5. The van der Waals surface area contributed by atoms with Crippen LogP contribution in [0.2, 0.25) is 0 Å². The van der Waals surface area contributed by atoms with Crippen molar-refractivity contribution in [3.8, 4) is 0 Å². The Morgan fingerprint density at radius 1 is 1.39 bits per heavy atom. The first-order valence-corrected chi connectivity index (χ1v) is 7.83. The summed E-state index contributed by atoms with van der Waals surface area (Å²) in [6, 6.07) is 0.935. The Kier molecular flexibility index (Phi) is 3.41. The van der Waals surface area contributed by atoms with Crippen LogP contribution in [0.3, 0.4) is 0 Å². The molecule has 0 amide bonds. The fourth-order valence-electron chi connectivity index (χ4n) is 2.50. The molecule has 4 nitrogen and oxygen atoms in total. The van der Waals surface area contributed by atoms with E-state index in [4.69, 9.17) is 0 Å². The van der Waals surface area contributed by atoms with Gasteiger partial charge in [0, 0.05) is 36.4 Å². The van der Waals surface area contributed by atoms with Gasteiger partial charge in [-0.05, 0) is 32.1 Å². The Morgan fingerprint density at radius 2 is 2.17 bits per heavy atom. The van der Waals surface area contributed by atoms with Crippen LogP contribution in [0.5, 0.6) is 0 Å². The number of nitrogens with zero attached hydrogens (tertiary/aromatic N) is 3. The Bertz CT molecular complexity index is 479. The molecule has 18 heavy (non-hydrogen) atoms. The second-order valence-electron chi connectivity index (χ2n) is 5.16. The Morgan fingerprint density at radius 3 is 2.72 bits per heavy atom. The van der Waals surface area contributed by atoms with Crippen LogP contribution in [-0.4, -0.2) is 27.5 Å². The van der Waals surface area contributed by atoms with Crippen molar-refractivity contribution < 1.29 is 0 Å². The molecule has 0 unspecified atom stereocenters. The molecule has 2 aliphatic carbocycles. The monoisotopic (exact) mass is 311 g/mol. The number of aromatic nitrogens is 2. The number of anilines is 1. The SMILES string of the molecule is O=c1c(N(CCBr)C2CCC2)nccn1C1CC1. The molecule has 0 bridgehead atoms. The first-order valence-electron chi connectivity index (χ1n) is 6.71. The minimum Gasteiger partial charge on any atom is -0.348 e. The fourth-order valence-corrected chi connectivity index (χ4v) is 2.88. The zero-order valence-corrected chi connectivity index (χ0v) is 12.0. The van der Waals surface area contributed by atoms with Gasteiger partial charge in [0.05, 0.1) is 0 Å². The van der Waals surface area contributed by atoms with Crippen LogP contribution in [0.15, 0.2) is 17.2 Å². The standard InChI is InChI=1S/C13H18BrN3O/c14-6-8-16(10-2-1-3-10)12-13(18)17(9-7-15-12)11-4-5-11/h7,9-11H,1-6,8H2. The van der Waals surface area contributed by atoms with E-state index in [-0.39, 0.29) is 5.56 Å². The van der Waals surface area contributed by atoms with Crippen LogP contribution in [0.1, 0.15) is 38.1 Å². The van der Waals surface area contributed by atoms with Gasteiger partial charge in [0.25, 0.3) is 5.56 Å². The average molecular weight is 312 g/mol. The normalized spacial score (nSPS) is 19.6. The highest BCUT2D eigenvalue weighted by Gasteiger charge is 2.30. The molecule has 0 saturated heterocycles. The summed E-state index contributed by atoms with van der Waals surface area (Å²) in [6.07, 6.45) is 9.51. The molecule has 1 aromatic rings. The molecule has 0 aromatic carbocycles. The van der Waals surface area contributed by atoms with E-state index in [9.17, 15) is 4.79 Å². The van der Waals surface area contributed by atoms with Crippen molar-refractivity contribution in [2.45, 2.75) is 44.2 Å². The van der Waals surface area contributed by atoms with Crippen molar-refractivity contribution in [1.82, 2.24) is 9.55 Å². The summed E-state index contributed by atoms with van der Waals surface area (Å²) in [5, 5.41) is 0.878. The third kappa shape index (κ3) is 2.20. The second-order valence-corrected chi connectivity index (χ2v) is 5.95. The van der Waals surface area contributed by atoms with E-state index >= 15 is 0 Å². The van der Waals surface area contributed by atoms with Gasteiger partial charge in [-0.1, -0.05) is 15.9 Å². The van der Waals surface area contributed by atoms with Crippen LogP contribution in [0, 0.1) is 0 Å². The Balaban J connectivity index is 1.92. The van der Waals surface area contributed by atoms with Crippen LogP contribution in [-0.2, 0) is 0 Å². The molecule has 2 aliphatic rings. The van der Waals surface area contributed by atoms with Gasteiger partial charge in [0.1, 0.15) is 0 Å². The number of rotatable bonds is 5. The smallest absolute Gasteiger partial charge is 0.293 e. The lowest BCUT2D eigenvalue weighted by Crippen LogP contribution is -2.45. The number of hydrogen-bond acceptors (Lipinski definition) is 3. The highest BCUT2D eigenvalue weighted by atomic mass is 79.9. The molecule has 0 N–H and O–H groups in total. The molecule has 0 radical (unpaired) electrons. The van der Waals surface area contributed by atoms with Crippen molar-refractivity contribution in [3.05, 3.63) is 22.7 Å². The van der Waals surface area contributed by atoms with Crippen LogP contribution >= 0.6 is 15.9 Å². The molecule has 2 fully saturated rings. The highest BCUT2D eigenvalue weighted by Crippen LogP contribution is 2.34. The van der Waals surface area contributed by atoms with Gasteiger partial charge in [-0.25, -0.2) is 4.98 Å². The maximum atomic E-state index is 12.5. The van der Waals surface area contributed by atoms with Gasteiger partial charge in [0.15, 0.2) is 5.82 Å². The molecule has 5 heteroatoms. The molecule has 1 heterocycles. The van der Waals surface area contributed by atoms with Crippen molar-refractivity contribution in [1.29, 1.82) is 0 Å². The Labute approximate surface area is 115 Å². The summed E-state index contributed by atoms with van der Waals surface area (Å²) in [5.74, 6) is 0.647. The predicted octanol–water partition coefficient (Wildman–Crippen LogP) is 2.33. The largest absolute Gasteiger partial charge is 0.348 e. The first kappa shape index (κ1) is 12.2. The van der Waals surface area contributed by atoms with E-state index < -0.39 is 0 Å². The summed E-state index contributed by atoms with van der Waals surface area (Å²) in [5.41, 5.74) is 0.0906. The molecule has 0 atom stereocenters. The number of halogens is 1. The van der Waals surface area contributed by atoms with E-state index in [1.165, 1.54) is 19.3 Å². The third-order valence-corrected chi connectivity index (χ3v) is 4.26. The third-order valence-electron chi connectivity index (χ3n) is 3.90. The quantitative estimate of drug-likeness (QED) is 0.783. The molecule has 1 aromatic heterocycles. The summed E-state index contributed by atoms with van der Waals surface area (Å²) in [7, 11) is 0. The molecular formula is C13H18BrN3O. The van der Waals surface area contributed by atoms with Crippen LogP contribution < -0.4 is 10.5 Å². The highest BCUT2D eigenvalue weighted by molar-refractivity contribution is 9.09. The van der Waals surface area contributed by atoms with Gasteiger partial charge in [-0.2, -0.15) is 0 Å². The minimum atomic E-state index is 0.0906. The van der Waals surface area contributed by atoms with E-state index in [0.717, 1.165) is 24.7 Å². The van der Waals surface area contributed by atoms with Gasteiger partial charge in [-0.15, -0.1) is 0 Å². The topological polar surface area (TPSA) is 38.1 Å². The zero-order valence-electron chi connectivity index (χ0n) is 10.4. The van der Waals surface area contributed by atoms with Crippen LogP contribution in [0.25, 0.3) is 0 Å². The van der Waals surface area contributed by atoms with E-state index in [1.807, 2.05) is 10.8 Å². The molecule has 0 spiro atoms. The summed E-state index contributed by atoms with van der Waals surface area (Å²) in [4.78, 5) is 19.0. The molecule has 0 aliphatic heterocycles. The lowest BCUT2D eigenvalue weighted by Gasteiger charge is -2.37. The number of hydrogen-bond donors (Lipinski definition) is 0. The fraction of sp³-hybridized carbons (Fsp3) is 0.692. The minimum absolute atomic E-state index is 0.0906.